The van der Waals surface area contributed by atoms with Gasteiger partial charge in [0.05, 0.1) is 19.1 Å². The van der Waals surface area contributed by atoms with E-state index in [9.17, 15) is 13.2 Å². The molecule has 180 valence electrons. The quantitative estimate of drug-likeness (QED) is 0.571. The lowest BCUT2D eigenvalue weighted by Gasteiger charge is -2.30. The molecule has 0 radical (unpaired) electrons. The van der Waals surface area contributed by atoms with Crippen LogP contribution in [-0.2, 0) is 27.9 Å². The molecule has 2 aromatic carbocycles. The number of sulfonamides is 1. The van der Waals surface area contributed by atoms with E-state index in [2.05, 4.69) is 22.3 Å². The van der Waals surface area contributed by atoms with Gasteiger partial charge in [0.2, 0.25) is 15.9 Å². The van der Waals surface area contributed by atoms with Gasteiger partial charge < -0.3 is 10.1 Å². The van der Waals surface area contributed by atoms with Crippen molar-refractivity contribution in [2.24, 2.45) is 0 Å². The number of amides is 1. The van der Waals surface area contributed by atoms with Crippen LogP contribution in [0.25, 0.3) is 0 Å². The molecule has 7 nitrogen and oxygen atoms in total. The molecule has 1 aliphatic rings. The maximum Gasteiger partial charge on any atom is 0.244 e. The third-order valence-electron chi connectivity index (χ3n) is 5.98. The Labute approximate surface area is 197 Å². The molecule has 0 bridgehead atoms. The maximum atomic E-state index is 13.0. The number of benzene rings is 2. The summed E-state index contributed by atoms with van der Waals surface area (Å²) in [6, 6.07) is 14.1. The lowest BCUT2D eigenvalue weighted by atomic mass is 10.1. The van der Waals surface area contributed by atoms with Gasteiger partial charge in [0.15, 0.2) is 0 Å². The predicted molar refractivity (Wildman–Crippen MR) is 132 cm³/mol. The van der Waals surface area contributed by atoms with Crippen LogP contribution in [-0.4, -0.2) is 51.7 Å². The minimum atomic E-state index is -3.69. The van der Waals surface area contributed by atoms with Crippen molar-refractivity contribution in [3.63, 3.8) is 0 Å². The van der Waals surface area contributed by atoms with Gasteiger partial charge in [0, 0.05) is 19.2 Å². The third-order valence-corrected chi connectivity index (χ3v) is 7.16. The Morgan fingerprint density at radius 2 is 1.76 bits per heavy atom. The fraction of sp³-hybridized carbons (Fsp3) is 0.480. The molecule has 3 rings (SSSR count). The molecule has 1 atom stereocenters. The molecule has 33 heavy (non-hydrogen) atoms. The van der Waals surface area contributed by atoms with Crippen LogP contribution < -0.4 is 14.4 Å². The number of rotatable bonds is 10. The fourth-order valence-electron chi connectivity index (χ4n) is 4.25. The number of likely N-dealkylation sites (tertiary alicyclic amines) is 1. The van der Waals surface area contributed by atoms with E-state index in [0.29, 0.717) is 24.4 Å². The van der Waals surface area contributed by atoms with E-state index in [-0.39, 0.29) is 5.91 Å². The van der Waals surface area contributed by atoms with Crippen molar-refractivity contribution in [2.75, 3.05) is 30.8 Å². The van der Waals surface area contributed by atoms with Crippen molar-refractivity contribution in [2.45, 2.75) is 51.7 Å². The molecule has 1 N–H and O–H groups in total. The molecule has 1 unspecified atom stereocenters. The molecule has 0 aliphatic carbocycles. The molecule has 0 saturated carbocycles. The molecule has 1 fully saturated rings. The highest BCUT2D eigenvalue weighted by atomic mass is 32.2. The highest BCUT2D eigenvalue weighted by Gasteiger charge is 2.31. The van der Waals surface area contributed by atoms with E-state index in [1.807, 2.05) is 12.1 Å². The summed E-state index contributed by atoms with van der Waals surface area (Å²) in [6.45, 7) is 5.40. The van der Waals surface area contributed by atoms with Crippen molar-refractivity contribution in [3.05, 3.63) is 59.7 Å². The number of anilines is 1. The Morgan fingerprint density at radius 1 is 1.09 bits per heavy atom. The van der Waals surface area contributed by atoms with Crippen LogP contribution in [0.1, 0.15) is 43.7 Å². The van der Waals surface area contributed by atoms with Crippen molar-refractivity contribution in [1.82, 2.24) is 10.2 Å². The summed E-state index contributed by atoms with van der Waals surface area (Å²) in [5, 5.41) is 2.92. The van der Waals surface area contributed by atoms with Crippen LogP contribution in [0.2, 0.25) is 0 Å². The average molecular weight is 474 g/mol. The second-order valence-electron chi connectivity index (χ2n) is 8.56. The normalized spacial score (nSPS) is 15.6. The minimum absolute atomic E-state index is 0.330. The average Bonchev–Trinajstić information content (AvgIpc) is 2.81. The smallest absolute Gasteiger partial charge is 0.244 e. The Kier molecular flexibility index (Phi) is 8.74. The van der Waals surface area contributed by atoms with E-state index in [1.54, 1.807) is 31.2 Å². The molecule has 1 saturated heterocycles. The Balaban J connectivity index is 1.66. The largest absolute Gasteiger partial charge is 0.497 e. The standard InChI is InChI=1S/C25H35N3O4S/c1-4-24(28(33(3,30)31)22-9-8-10-23(17-22)32-2)25(29)26-18-20-11-13-21(14-12-20)19-27-15-6-5-7-16-27/h8-14,17,24H,4-7,15-16,18-19H2,1-3H3,(H,26,29). The van der Waals surface area contributed by atoms with Crippen molar-refractivity contribution in [1.29, 1.82) is 0 Å². The van der Waals surface area contributed by atoms with Crippen LogP contribution in [0.5, 0.6) is 5.75 Å². The number of carbonyl (C=O) groups is 1. The number of ether oxygens (including phenoxy) is 1. The summed E-state index contributed by atoms with van der Waals surface area (Å²) in [6.07, 6.45) is 5.31. The molecule has 8 heteroatoms. The molecule has 1 amide bonds. The molecule has 0 aromatic heterocycles. The number of nitrogens with one attached hydrogen (secondary N) is 1. The van der Waals surface area contributed by atoms with E-state index < -0.39 is 16.1 Å². The second kappa shape index (κ2) is 11.5. The van der Waals surface area contributed by atoms with E-state index in [0.717, 1.165) is 31.5 Å². The zero-order valence-corrected chi connectivity index (χ0v) is 20.6. The molecular formula is C25H35N3O4S. The third kappa shape index (κ3) is 6.95. The van der Waals surface area contributed by atoms with E-state index in [4.69, 9.17) is 4.74 Å². The van der Waals surface area contributed by atoms with Crippen LogP contribution in [0.4, 0.5) is 5.69 Å². The highest BCUT2D eigenvalue weighted by Crippen LogP contribution is 2.26. The topological polar surface area (TPSA) is 79.0 Å². The number of nitrogens with zero attached hydrogens (tertiary/aromatic N) is 2. The summed E-state index contributed by atoms with van der Waals surface area (Å²) < 4.78 is 31.6. The Bertz CT molecular complexity index is 1020. The zero-order valence-electron chi connectivity index (χ0n) is 19.8. The van der Waals surface area contributed by atoms with Gasteiger partial charge in [-0.2, -0.15) is 0 Å². The Hall–Kier alpha value is -2.58. The lowest BCUT2D eigenvalue weighted by molar-refractivity contribution is -0.122. The van der Waals surface area contributed by atoms with Gasteiger partial charge >= 0.3 is 0 Å². The first kappa shape index (κ1) is 25.1. The first-order chi connectivity index (χ1) is 15.8. The van der Waals surface area contributed by atoms with E-state index in [1.165, 1.54) is 36.2 Å². The minimum Gasteiger partial charge on any atom is -0.497 e. The van der Waals surface area contributed by atoms with Crippen molar-refractivity contribution < 1.29 is 17.9 Å². The molecule has 2 aromatic rings. The van der Waals surface area contributed by atoms with Crippen LogP contribution >= 0.6 is 0 Å². The summed E-state index contributed by atoms with van der Waals surface area (Å²) in [7, 11) is -2.17. The number of hydrogen-bond donors (Lipinski definition) is 1. The van der Waals surface area contributed by atoms with Gasteiger partial charge in [0.1, 0.15) is 11.8 Å². The van der Waals surface area contributed by atoms with Gasteiger partial charge in [-0.05, 0) is 55.6 Å². The van der Waals surface area contributed by atoms with E-state index >= 15 is 0 Å². The maximum absolute atomic E-state index is 13.0. The van der Waals surface area contributed by atoms with Gasteiger partial charge in [-0.1, -0.05) is 43.7 Å². The number of hydrogen-bond acceptors (Lipinski definition) is 5. The van der Waals surface area contributed by atoms with Crippen molar-refractivity contribution >= 4 is 21.6 Å². The van der Waals surface area contributed by atoms with Crippen LogP contribution in [0.15, 0.2) is 48.5 Å². The second-order valence-corrected chi connectivity index (χ2v) is 10.4. The lowest BCUT2D eigenvalue weighted by Crippen LogP contribution is -2.49. The molecule has 1 aliphatic heterocycles. The first-order valence-electron chi connectivity index (χ1n) is 11.5. The highest BCUT2D eigenvalue weighted by molar-refractivity contribution is 7.92. The fourth-order valence-corrected chi connectivity index (χ4v) is 5.46. The zero-order chi connectivity index (χ0) is 23.8. The van der Waals surface area contributed by atoms with Crippen molar-refractivity contribution in [3.8, 4) is 5.75 Å². The Morgan fingerprint density at radius 3 is 2.36 bits per heavy atom. The van der Waals surface area contributed by atoms with Gasteiger partial charge in [-0.3, -0.25) is 14.0 Å². The first-order valence-corrected chi connectivity index (χ1v) is 13.4. The predicted octanol–water partition coefficient (Wildman–Crippen LogP) is 3.54. The number of piperidine rings is 1. The van der Waals surface area contributed by atoms with Gasteiger partial charge in [-0.25, -0.2) is 8.42 Å². The molecular weight excluding hydrogens is 438 g/mol. The molecule has 0 spiro atoms. The van der Waals surface area contributed by atoms with Crippen LogP contribution in [0, 0.1) is 0 Å². The van der Waals surface area contributed by atoms with Gasteiger partial charge in [-0.15, -0.1) is 0 Å². The van der Waals surface area contributed by atoms with Crippen LogP contribution in [0.3, 0.4) is 0 Å². The summed E-state index contributed by atoms with van der Waals surface area (Å²) >= 11 is 0. The number of methoxy groups -OCH3 is 1. The summed E-state index contributed by atoms with van der Waals surface area (Å²) in [5.41, 5.74) is 2.65. The monoisotopic (exact) mass is 473 g/mol. The van der Waals surface area contributed by atoms with Gasteiger partial charge in [0.25, 0.3) is 0 Å². The number of carbonyl (C=O) groups excluding carboxylic acids is 1. The SMILES string of the molecule is CCC(C(=O)NCc1ccc(CN2CCCCC2)cc1)N(c1cccc(OC)c1)S(C)(=O)=O. The molecule has 1 heterocycles. The summed E-state index contributed by atoms with van der Waals surface area (Å²) in [5.74, 6) is 0.198. The summed E-state index contributed by atoms with van der Waals surface area (Å²) in [4.78, 5) is 15.5.